The fraction of sp³-hybridized carbons (Fsp3) is 0.444. The first kappa shape index (κ1) is 16.1. The van der Waals surface area contributed by atoms with Gasteiger partial charge in [0.1, 0.15) is 5.75 Å². The third-order valence-electron chi connectivity index (χ3n) is 3.79. The molecule has 0 aromatic heterocycles. The monoisotopic (exact) mass is 330 g/mol. The van der Waals surface area contributed by atoms with Crippen molar-refractivity contribution in [3.05, 3.63) is 34.7 Å². The molecule has 0 aliphatic carbocycles. The molecule has 0 radical (unpaired) electrons. The molecule has 3 rings (SSSR count). The number of carbonyl (C=O) groups is 1. The first-order valence-corrected chi connectivity index (χ1v) is 8.98. The minimum Gasteiger partial charge on any atom is -0.491 e. The normalized spacial score (nSPS) is 20.3. The van der Waals surface area contributed by atoms with Crippen LogP contribution in [-0.4, -0.2) is 35.2 Å². The minimum absolute atomic E-state index is 0.127. The summed E-state index contributed by atoms with van der Waals surface area (Å²) in [5, 5.41) is 0.862. The van der Waals surface area contributed by atoms with Gasteiger partial charge in [-0.15, -0.1) is 0 Å². The van der Waals surface area contributed by atoms with E-state index in [9.17, 15) is 4.79 Å². The summed E-state index contributed by atoms with van der Waals surface area (Å²) in [7, 11) is 0. The quantitative estimate of drug-likeness (QED) is 0.788. The van der Waals surface area contributed by atoms with Gasteiger partial charge in [0.25, 0.3) is 5.91 Å². The molecule has 1 aromatic carbocycles. The lowest BCUT2D eigenvalue weighted by Gasteiger charge is -2.27. The van der Waals surface area contributed by atoms with Crippen molar-refractivity contribution in [2.75, 3.05) is 13.1 Å². The fourth-order valence-electron chi connectivity index (χ4n) is 2.68. The Hall–Kier alpha value is -1.75. The number of thioether (sulfide) groups is 1. The van der Waals surface area contributed by atoms with Gasteiger partial charge in [-0.1, -0.05) is 12.1 Å². The highest BCUT2D eigenvalue weighted by atomic mass is 32.2. The average molecular weight is 330 g/mol. The van der Waals surface area contributed by atoms with Gasteiger partial charge in [0, 0.05) is 13.1 Å². The summed E-state index contributed by atoms with van der Waals surface area (Å²) in [5.41, 5.74) is 0.993. The van der Waals surface area contributed by atoms with Crippen molar-refractivity contribution in [2.45, 2.75) is 39.2 Å². The second kappa shape index (κ2) is 7.21. The van der Waals surface area contributed by atoms with Crippen LogP contribution in [0.25, 0.3) is 6.08 Å². The molecule has 1 amide bonds. The number of hydrogen-bond donors (Lipinski definition) is 0. The molecule has 5 heteroatoms. The van der Waals surface area contributed by atoms with Crippen molar-refractivity contribution in [3.63, 3.8) is 0 Å². The third-order valence-corrected chi connectivity index (χ3v) is 4.83. The van der Waals surface area contributed by atoms with Crippen molar-refractivity contribution in [2.24, 2.45) is 4.99 Å². The van der Waals surface area contributed by atoms with E-state index in [1.54, 1.807) is 0 Å². The Labute approximate surface area is 141 Å². The van der Waals surface area contributed by atoms with Crippen molar-refractivity contribution in [1.29, 1.82) is 0 Å². The largest absolute Gasteiger partial charge is 0.491 e. The lowest BCUT2D eigenvalue weighted by Crippen LogP contribution is -2.33. The molecule has 4 nitrogen and oxygen atoms in total. The molecule has 1 saturated heterocycles. The van der Waals surface area contributed by atoms with Gasteiger partial charge in [-0.3, -0.25) is 4.79 Å². The molecule has 23 heavy (non-hydrogen) atoms. The van der Waals surface area contributed by atoms with Crippen LogP contribution >= 0.6 is 11.8 Å². The Morgan fingerprint density at radius 1 is 1.17 bits per heavy atom. The number of ether oxygens (including phenoxy) is 1. The molecular formula is C18H22N2O2S. The number of benzene rings is 1. The van der Waals surface area contributed by atoms with E-state index in [-0.39, 0.29) is 12.0 Å². The second-order valence-corrected chi connectivity index (χ2v) is 7.10. The van der Waals surface area contributed by atoms with Crippen LogP contribution in [0.1, 0.15) is 38.7 Å². The maximum Gasteiger partial charge on any atom is 0.286 e. The Morgan fingerprint density at radius 2 is 1.87 bits per heavy atom. The zero-order valence-corrected chi connectivity index (χ0v) is 14.4. The first-order valence-electron chi connectivity index (χ1n) is 8.16. The van der Waals surface area contributed by atoms with E-state index in [0.717, 1.165) is 29.6 Å². The number of nitrogens with zero attached hydrogens (tertiary/aromatic N) is 2. The standard InChI is InChI=1S/C18H22N2O2S/c1-13(2)22-15-8-6-14(7-9-15)12-16-17(21)19-18(23-16)20-10-4-3-5-11-20/h6-9,12-13H,3-5,10-11H2,1-2H3/b16-12+. The van der Waals surface area contributed by atoms with Gasteiger partial charge < -0.3 is 9.64 Å². The van der Waals surface area contributed by atoms with Gasteiger partial charge in [-0.25, -0.2) is 0 Å². The van der Waals surface area contributed by atoms with Crippen LogP contribution < -0.4 is 4.74 Å². The summed E-state index contributed by atoms with van der Waals surface area (Å²) in [6, 6.07) is 7.81. The smallest absolute Gasteiger partial charge is 0.286 e. The van der Waals surface area contributed by atoms with Crippen molar-refractivity contribution < 1.29 is 9.53 Å². The molecule has 0 bridgehead atoms. The predicted octanol–water partition coefficient (Wildman–Crippen LogP) is 3.93. The Bertz CT molecular complexity index is 629. The van der Waals surface area contributed by atoms with Crippen LogP contribution in [0, 0.1) is 0 Å². The summed E-state index contributed by atoms with van der Waals surface area (Å²) in [4.78, 5) is 19.3. The molecule has 0 spiro atoms. The van der Waals surface area contributed by atoms with Gasteiger partial charge in [0.15, 0.2) is 5.17 Å². The van der Waals surface area contributed by atoms with Gasteiger partial charge in [0.2, 0.25) is 0 Å². The van der Waals surface area contributed by atoms with E-state index >= 15 is 0 Å². The number of amides is 1. The van der Waals surface area contributed by atoms with Gasteiger partial charge in [-0.2, -0.15) is 4.99 Å². The highest BCUT2D eigenvalue weighted by molar-refractivity contribution is 8.18. The van der Waals surface area contributed by atoms with Crippen LogP contribution in [0.5, 0.6) is 5.75 Å². The molecular weight excluding hydrogens is 308 g/mol. The summed E-state index contributed by atoms with van der Waals surface area (Å²) < 4.78 is 5.63. The molecule has 0 N–H and O–H groups in total. The van der Waals surface area contributed by atoms with E-state index in [1.807, 2.05) is 44.2 Å². The van der Waals surface area contributed by atoms with E-state index in [0.29, 0.717) is 4.91 Å². The van der Waals surface area contributed by atoms with Gasteiger partial charge in [-0.05, 0) is 68.6 Å². The number of aliphatic imine (C=N–C) groups is 1. The van der Waals surface area contributed by atoms with Crippen molar-refractivity contribution in [1.82, 2.24) is 4.90 Å². The molecule has 1 aromatic rings. The summed E-state index contributed by atoms with van der Waals surface area (Å²) in [6.07, 6.45) is 5.71. The third kappa shape index (κ3) is 4.16. The van der Waals surface area contributed by atoms with Crippen LogP contribution in [-0.2, 0) is 4.79 Å². The van der Waals surface area contributed by atoms with E-state index in [2.05, 4.69) is 9.89 Å². The molecule has 0 unspecified atom stereocenters. The predicted molar refractivity (Wildman–Crippen MR) is 95.6 cm³/mol. The van der Waals surface area contributed by atoms with Crippen LogP contribution in [0.3, 0.4) is 0 Å². The molecule has 2 aliphatic rings. The number of hydrogen-bond acceptors (Lipinski definition) is 4. The summed E-state index contributed by atoms with van der Waals surface area (Å²) in [6.45, 7) is 6.02. The Kier molecular flexibility index (Phi) is 5.06. The summed E-state index contributed by atoms with van der Waals surface area (Å²) >= 11 is 1.49. The van der Waals surface area contributed by atoms with Gasteiger partial charge >= 0.3 is 0 Å². The minimum atomic E-state index is -0.127. The lowest BCUT2D eigenvalue weighted by molar-refractivity contribution is -0.113. The van der Waals surface area contributed by atoms with Gasteiger partial charge in [0.05, 0.1) is 11.0 Å². The highest BCUT2D eigenvalue weighted by Crippen LogP contribution is 2.31. The zero-order chi connectivity index (χ0) is 16.2. The average Bonchev–Trinajstić information content (AvgIpc) is 2.91. The maximum atomic E-state index is 12.1. The van der Waals surface area contributed by atoms with Crippen molar-refractivity contribution >= 4 is 28.9 Å². The molecule has 2 heterocycles. The summed E-state index contributed by atoms with van der Waals surface area (Å²) in [5.74, 6) is 0.718. The first-order chi connectivity index (χ1) is 11.1. The topological polar surface area (TPSA) is 41.9 Å². The molecule has 0 atom stereocenters. The Balaban J connectivity index is 1.67. The van der Waals surface area contributed by atoms with E-state index in [1.165, 1.54) is 31.0 Å². The Morgan fingerprint density at radius 3 is 2.52 bits per heavy atom. The molecule has 1 fully saturated rings. The fourth-order valence-corrected chi connectivity index (χ4v) is 3.65. The molecule has 2 aliphatic heterocycles. The van der Waals surface area contributed by atoms with E-state index in [4.69, 9.17) is 4.74 Å². The molecule has 122 valence electrons. The van der Waals surface area contributed by atoms with Crippen molar-refractivity contribution in [3.8, 4) is 5.75 Å². The number of likely N-dealkylation sites (tertiary alicyclic amines) is 1. The number of amidine groups is 1. The number of carbonyl (C=O) groups excluding carboxylic acids is 1. The van der Waals surface area contributed by atoms with E-state index < -0.39 is 0 Å². The van der Waals surface area contributed by atoms with Crippen LogP contribution in [0.15, 0.2) is 34.2 Å². The SMILES string of the molecule is CC(C)Oc1ccc(/C=C2/SC(N3CCCCC3)=NC2=O)cc1. The van der Waals surface area contributed by atoms with Crippen LogP contribution in [0.4, 0.5) is 0 Å². The number of rotatable bonds is 3. The second-order valence-electron chi connectivity index (χ2n) is 6.09. The molecule has 0 saturated carbocycles. The maximum absolute atomic E-state index is 12.1. The zero-order valence-electron chi connectivity index (χ0n) is 13.6. The highest BCUT2D eigenvalue weighted by Gasteiger charge is 2.26. The van der Waals surface area contributed by atoms with Crippen LogP contribution in [0.2, 0.25) is 0 Å². The number of piperidine rings is 1. The lowest BCUT2D eigenvalue weighted by atomic mass is 10.1.